The van der Waals surface area contributed by atoms with E-state index in [4.69, 9.17) is 16.7 Å². The summed E-state index contributed by atoms with van der Waals surface area (Å²) in [4.78, 5) is 23.2. The van der Waals surface area contributed by atoms with Crippen molar-refractivity contribution < 1.29 is 9.90 Å². The summed E-state index contributed by atoms with van der Waals surface area (Å²) in [7, 11) is 0. The van der Waals surface area contributed by atoms with E-state index in [1.807, 2.05) is 6.07 Å². The van der Waals surface area contributed by atoms with E-state index in [-0.39, 0.29) is 12.1 Å². The third-order valence-corrected chi connectivity index (χ3v) is 3.25. The van der Waals surface area contributed by atoms with Gasteiger partial charge >= 0.3 is 5.97 Å². The number of carboxylic acids is 1. The molecule has 0 atom stereocenters. The molecule has 0 saturated heterocycles. The predicted octanol–water partition coefficient (Wildman–Crippen LogP) is 2.56. The Hall–Kier alpha value is -2.07. The number of pyridine rings is 1. The summed E-state index contributed by atoms with van der Waals surface area (Å²) in [5, 5.41) is 9.60. The molecule has 0 bridgehead atoms. The Labute approximate surface area is 114 Å². The van der Waals surface area contributed by atoms with E-state index in [9.17, 15) is 9.59 Å². The number of rotatable bonds is 3. The Morgan fingerprint density at radius 2 is 2.00 bits per heavy atom. The van der Waals surface area contributed by atoms with Gasteiger partial charge in [-0.3, -0.25) is 4.79 Å². The van der Waals surface area contributed by atoms with Crippen LogP contribution < -0.4 is 5.56 Å². The molecule has 0 amide bonds. The second kappa shape index (κ2) is 5.28. The minimum atomic E-state index is -1.21. The first kappa shape index (κ1) is 13.4. The third kappa shape index (κ3) is 2.69. The Bertz CT molecular complexity index is 691. The monoisotopic (exact) mass is 277 g/mol. The van der Waals surface area contributed by atoms with Crippen molar-refractivity contribution in [2.45, 2.75) is 13.5 Å². The van der Waals surface area contributed by atoms with Crippen molar-refractivity contribution in [1.29, 1.82) is 0 Å². The minimum Gasteiger partial charge on any atom is -0.477 e. The number of nitrogens with zero attached hydrogens (tertiary/aromatic N) is 1. The molecule has 0 radical (unpaired) electrons. The molecule has 0 saturated carbocycles. The summed E-state index contributed by atoms with van der Waals surface area (Å²) < 4.78 is 1.34. The standard InChI is InChI=1S/C14H12ClNO3/c1-9-6-7-16(13(17)12(9)14(18)19)8-10-4-2-3-5-11(10)15/h2-7H,8H2,1H3,(H,18,19). The van der Waals surface area contributed by atoms with Gasteiger partial charge in [0.25, 0.3) is 5.56 Å². The fourth-order valence-electron chi connectivity index (χ4n) is 1.86. The van der Waals surface area contributed by atoms with Crippen LogP contribution in [-0.4, -0.2) is 15.6 Å². The zero-order chi connectivity index (χ0) is 14.0. The topological polar surface area (TPSA) is 59.3 Å². The highest BCUT2D eigenvalue weighted by atomic mass is 35.5. The number of carbonyl (C=O) groups is 1. The van der Waals surface area contributed by atoms with Gasteiger partial charge in [0.05, 0.1) is 6.54 Å². The number of carboxylic acid groups (broad SMARTS) is 1. The normalized spacial score (nSPS) is 10.4. The Balaban J connectivity index is 2.48. The Kier molecular flexibility index (Phi) is 3.71. The number of aromatic nitrogens is 1. The summed E-state index contributed by atoms with van der Waals surface area (Å²) in [6.45, 7) is 1.85. The molecule has 2 aromatic rings. The molecule has 0 aliphatic rings. The van der Waals surface area contributed by atoms with Crippen molar-refractivity contribution in [1.82, 2.24) is 4.57 Å². The molecule has 0 aliphatic carbocycles. The average molecular weight is 278 g/mol. The van der Waals surface area contributed by atoms with Crippen LogP contribution in [0.1, 0.15) is 21.5 Å². The Morgan fingerprint density at radius 3 is 2.63 bits per heavy atom. The van der Waals surface area contributed by atoms with Gasteiger partial charge in [-0.25, -0.2) is 4.79 Å². The van der Waals surface area contributed by atoms with Crippen LogP contribution in [0.15, 0.2) is 41.3 Å². The lowest BCUT2D eigenvalue weighted by molar-refractivity contribution is 0.0693. The fourth-order valence-corrected chi connectivity index (χ4v) is 2.06. The van der Waals surface area contributed by atoms with Gasteiger partial charge in [0.15, 0.2) is 0 Å². The molecule has 1 N–H and O–H groups in total. The predicted molar refractivity (Wildman–Crippen MR) is 73.0 cm³/mol. The summed E-state index contributed by atoms with van der Waals surface area (Å²) >= 11 is 6.03. The largest absolute Gasteiger partial charge is 0.477 e. The Morgan fingerprint density at radius 1 is 1.32 bits per heavy atom. The van der Waals surface area contributed by atoms with Crippen LogP contribution in [0.5, 0.6) is 0 Å². The molecule has 0 fully saturated rings. The molecule has 0 spiro atoms. The second-order valence-corrected chi connectivity index (χ2v) is 4.61. The maximum atomic E-state index is 12.1. The van der Waals surface area contributed by atoms with Crippen molar-refractivity contribution in [3.8, 4) is 0 Å². The molecule has 0 aliphatic heterocycles. The van der Waals surface area contributed by atoms with Crippen molar-refractivity contribution in [2.75, 3.05) is 0 Å². The van der Waals surface area contributed by atoms with Gasteiger partial charge in [-0.2, -0.15) is 0 Å². The SMILES string of the molecule is Cc1ccn(Cc2ccccc2Cl)c(=O)c1C(=O)O. The van der Waals surface area contributed by atoms with E-state index in [2.05, 4.69) is 0 Å². The molecule has 1 aromatic heterocycles. The zero-order valence-corrected chi connectivity index (χ0v) is 11.0. The lowest BCUT2D eigenvalue weighted by Gasteiger charge is -2.09. The van der Waals surface area contributed by atoms with E-state index >= 15 is 0 Å². The van der Waals surface area contributed by atoms with Crippen molar-refractivity contribution in [3.63, 3.8) is 0 Å². The molecule has 4 nitrogen and oxygen atoms in total. The van der Waals surface area contributed by atoms with Gasteiger partial charge in [-0.05, 0) is 30.2 Å². The lowest BCUT2D eigenvalue weighted by Crippen LogP contribution is -2.27. The number of halogens is 1. The first-order valence-electron chi connectivity index (χ1n) is 5.67. The molecule has 2 rings (SSSR count). The summed E-state index contributed by atoms with van der Waals surface area (Å²) in [6, 6.07) is 8.76. The molecule has 19 heavy (non-hydrogen) atoms. The summed E-state index contributed by atoms with van der Waals surface area (Å²) in [6.07, 6.45) is 1.58. The van der Waals surface area contributed by atoms with Gasteiger partial charge in [-0.15, -0.1) is 0 Å². The van der Waals surface area contributed by atoms with Crippen LogP contribution in [0, 0.1) is 6.92 Å². The van der Waals surface area contributed by atoms with Gasteiger partial charge in [0.2, 0.25) is 0 Å². The van der Waals surface area contributed by atoms with Gasteiger partial charge < -0.3 is 9.67 Å². The quantitative estimate of drug-likeness (QED) is 0.938. The van der Waals surface area contributed by atoms with Crippen LogP contribution >= 0.6 is 11.6 Å². The van der Waals surface area contributed by atoms with Crippen molar-refractivity contribution in [3.05, 3.63) is 68.6 Å². The van der Waals surface area contributed by atoms with E-state index in [1.165, 1.54) is 4.57 Å². The molecular weight excluding hydrogens is 266 g/mol. The first-order valence-corrected chi connectivity index (χ1v) is 6.05. The zero-order valence-electron chi connectivity index (χ0n) is 10.3. The molecular formula is C14H12ClNO3. The maximum Gasteiger partial charge on any atom is 0.341 e. The van der Waals surface area contributed by atoms with Crippen LogP contribution in [0.4, 0.5) is 0 Å². The van der Waals surface area contributed by atoms with Gasteiger partial charge in [0.1, 0.15) is 5.56 Å². The van der Waals surface area contributed by atoms with Crippen LogP contribution in [0.2, 0.25) is 5.02 Å². The fraction of sp³-hybridized carbons (Fsp3) is 0.143. The minimum absolute atomic E-state index is 0.199. The van der Waals surface area contributed by atoms with E-state index < -0.39 is 11.5 Å². The van der Waals surface area contributed by atoms with Crippen molar-refractivity contribution >= 4 is 17.6 Å². The smallest absolute Gasteiger partial charge is 0.341 e. The summed E-state index contributed by atoms with van der Waals surface area (Å²) in [5.41, 5.74) is 0.501. The van der Waals surface area contributed by atoms with Gasteiger partial charge in [-0.1, -0.05) is 29.8 Å². The lowest BCUT2D eigenvalue weighted by atomic mass is 10.1. The number of aromatic carboxylic acids is 1. The van der Waals surface area contributed by atoms with E-state index in [0.717, 1.165) is 5.56 Å². The maximum absolute atomic E-state index is 12.1. The van der Waals surface area contributed by atoms with E-state index in [1.54, 1.807) is 37.4 Å². The number of aryl methyl sites for hydroxylation is 1. The molecule has 98 valence electrons. The van der Waals surface area contributed by atoms with Crippen LogP contribution in [-0.2, 0) is 6.54 Å². The molecule has 0 unspecified atom stereocenters. The van der Waals surface area contributed by atoms with Gasteiger partial charge in [0, 0.05) is 11.2 Å². The van der Waals surface area contributed by atoms with Crippen molar-refractivity contribution in [2.24, 2.45) is 0 Å². The number of hydrogen-bond donors (Lipinski definition) is 1. The highest BCUT2D eigenvalue weighted by molar-refractivity contribution is 6.31. The highest BCUT2D eigenvalue weighted by Crippen LogP contribution is 2.15. The summed E-state index contributed by atoms with van der Waals surface area (Å²) in [5.74, 6) is -1.21. The average Bonchev–Trinajstić information content (AvgIpc) is 2.35. The molecule has 1 heterocycles. The highest BCUT2D eigenvalue weighted by Gasteiger charge is 2.14. The van der Waals surface area contributed by atoms with Crippen LogP contribution in [0.25, 0.3) is 0 Å². The van der Waals surface area contributed by atoms with E-state index in [0.29, 0.717) is 10.6 Å². The first-order chi connectivity index (χ1) is 9.00. The molecule has 5 heteroatoms. The third-order valence-electron chi connectivity index (χ3n) is 2.89. The molecule has 1 aromatic carbocycles. The second-order valence-electron chi connectivity index (χ2n) is 4.20. The number of benzene rings is 1. The van der Waals surface area contributed by atoms with Crippen LogP contribution in [0.3, 0.4) is 0 Å². The number of hydrogen-bond acceptors (Lipinski definition) is 2.